The molecular weight excluding hydrogens is 204 g/mol. The van der Waals surface area contributed by atoms with E-state index in [0.717, 1.165) is 11.3 Å². The summed E-state index contributed by atoms with van der Waals surface area (Å²) in [5, 5.41) is 8.65. The van der Waals surface area contributed by atoms with Crippen LogP contribution in [-0.4, -0.2) is 12.5 Å². The first-order valence-corrected chi connectivity index (χ1v) is 4.82. The largest absolute Gasteiger partial charge is 0.494 e. The van der Waals surface area contributed by atoms with Crippen molar-refractivity contribution in [1.29, 1.82) is 5.26 Å². The van der Waals surface area contributed by atoms with Gasteiger partial charge in [-0.05, 0) is 30.7 Å². The van der Waals surface area contributed by atoms with Crippen LogP contribution in [0.5, 0.6) is 5.75 Å². The van der Waals surface area contributed by atoms with Crippen LogP contribution in [0.3, 0.4) is 0 Å². The Kier molecular flexibility index (Phi) is 4.10. The molecule has 0 unspecified atom stereocenters. The number of ether oxygens (including phenoxy) is 1. The highest BCUT2D eigenvalue weighted by molar-refractivity contribution is 6.00. The van der Waals surface area contributed by atoms with Gasteiger partial charge in [-0.2, -0.15) is 5.26 Å². The Balaban J connectivity index is 2.90. The van der Waals surface area contributed by atoms with Crippen molar-refractivity contribution in [2.45, 2.75) is 6.92 Å². The monoisotopic (exact) mass is 216 g/mol. The van der Waals surface area contributed by atoms with Gasteiger partial charge in [-0.1, -0.05) is 12.1 Å². The second-order valence-corrected chi connectivity index (χ2v) is 3.04. The molecule has 4 heteroatoms. The van der Waals surface area contributed by atoms with Crippen LogP contribution in [0.4, 0.5) is 0 Å². The molecule has 1 aromatic rings. The van der Waals surface area contributed by atoms with Crippen molar-refractivity contribution in [3.8, 4) is 11.8 Å². The molecule has 82 valence electrons. The van der Waals surface area contributed by atoms with E-state index in [-0.39, 0.29) is 5.57 Å². The fraction of sp³-hybridized carbons (Fsp3) is 0.167. The molecule has 1 aromatic carbocycles. The lowest BCUT2D eigenvalue weighted by Gasteiger charge is -2.02. The van der Waals surface area contributed by atoms with Crippen LogP contribution in [0.2, 0.25) is 0 Å². The highest BCUT2D eigenvalue weighted by Gasteiger charge is 2.02. The third-order valence-corrected chi connectivity index (χ3v) is 1.89. The van der Waals surface area contributed by atoms with Gasteiger partial charge in [0.1, 0.15) is 17.4 Å². The summed E-state index contributed by atoms with van der Waals surface area (Å²) in [5.41, 5.74) is 5.69. The van der Waals surface area contributed by atoms with Crippen molar-refractivity contribution in [2.24, 2.45) is 5.73 Å². The number of rotatable bonds is 4. The molecule has 0 heterocycles. The predicted octanol–water partition coefficient (Wildman–Crippen LogP) is 1.48. The number of nitrogens with zero attached hydrogens (tertiary/aromatic N) is 1. The Morgan fingerprint density at radius 1 is 1.50 bits per heavy atom. The molecule has 2 N–H and O–H groups in total. The lowest BCUT2D eigenvalue weighted by atomic mass is 10.1. The van der Waals surface area contributed by atoms with Crippen LogP contribution in [0, 0.1) is 11.3 Å². The summed E-state index contributed by atoms with van der Waals surface area (Å²) < 4.78 is 5.26. The first-order chi connectivity index (χ1) is 7.67. The first-order valence-electron chi connectivity index (χ1n) is 4.82. The molecule has 0 spiro atoms. The van der Waals surface area contributed by atoms with E-state index in [2.05, 4.69) is 0 Å². The second kappa shape index (κ2) is 5.56. The molecule has 0 aliphatic rings. The summed E-state index contributed by atoms with van der Waals surface area (Å²) in [6, 6.07) is 8.79. The predicted molar refractivity (Wildman–Crippen MR) is 60.4 cm³/mol. The molecule has 1 amide bonds. The molecule has 0 bridgehead atoms. The Hall–Kier alpha value is -2.28. The lowest BCUT2D eigenvalue weighted by molar-refractivity contribution is -0.114. The zero-order valence-electron chi connectivity index (χ0n) is 8.93. The van der Waals surface area contributed by atoms with Crippen LogP contribution in [0.15, 0.2) is 29.8 Å². The number of hydrogen-bond acceptors (Lipinski definition) is 3. The van der Waals surface area contributed by atoms with E-state index < -0.39 is 5.91 Å². The number of nitrogens with two attached hydrogens (primary N) is 1. The van der Waals surface area contributed by atoms with Crippen LogP contribution in [0.25, 0.3) is 6.08 Å². The minimum Gasteiger partial charge on any atom is -0.494 e. The number of carbonyl (C=O) groups is 1. The smallest absolute Gasteiger partial charge is 0.259 e. The highest BCUT2D eigenvalue weighted by Crippen LogP contribution is 2.14. The van der Waals surface area contributed by atoms with Crippen molar-refractivity contribution < 1.29 is 9.53 Å². The van der Waals surface area contributed by atoms with E-state index >= 15 is 0 Å². The van der Waals surface area contributed by atoms with Gasteiger partial charge < -0.3 is 10.5 Å². The maximum Gasteiger partial charge on any atom is 0.259 e. The number of primary amides is 1. The number of hydrogen-bond donors (Lipinski definition) is 1. The van der Waals surface area contributed by atoms with Gasteiger partial charge in [-0.3, -0.25) is 4.79 Å². The van der Waals surface area contributed by atoms with E-state index in [4.69, 9.17) is 15.7 Å². The quantitative estimate of drug-likeness (QED) is 0.611. The molecule has 0 atom stereocenters. The fourth-order valence-electron chi connectivity index (χ4n) is 1.15. The third-order valence-electron chi connectivity index (χ3n) is 1.89. The molecular formula is C12H12N2O2. The molecule has 4 nitrogen and oxygen atoms in total. The Labute approximate surface area is 93.9 Å². The molecule has 1 rings (SSSR count). The van der Waals surface area contributed by atoms with Gasteiger partial charge in [0.15, 0.2) is 0 Å². The Morgan fingerprint density at radius 3 is 2.56 bits per heavy atom. The van der Waals surface area contributed by atoms with Crippen molar-refractivity contribution in [3.05, 3.63) is 35.4 Å². The van der Waals surface area contributed by atoms with E-state index in [1.807, 2.05) is 6.92 Å². The number of carbonyl (C=O) groups excluding carboxylic acids is 1. The van der Waals surface area contributed by atoms with Crippen molar-refractivity contribution >= 4 is 12.0 Å². The number of amides is 1. The van der Waals surface area contributed by atoms with Crippen molar-refractivity contribution in [1.82, 2.24) is 0 Å². The van der Waals surface area contributed by atoms with Gasteiger partial charge in [0.25, 0.3) is 5.91 Å². The summed E-state index contributed by atoms with van der Waals surface area (Å²) >= 11 is 0. The first kappa shape index (κ1) is 11.8. The van der Waals surface area contributed by atoms with Crippen LogP contribution in [-0.2, 0) is 4.79 Å². The minimum atomic E-state index is -0.726. The molecule has 16 heavy (non-hydrogen) atoms. The van der Waals surface area contributed by atoms with Crippen LogP contribution >= 0.6 is 0 Å². The zero-order valence-corrected chi connectivity index (χ0v) is 8.93. The van der Waals surface area contributed by atoms with Gasteiger partial charge in [-0.25, -0.2) is 0 Å². The molecule has 0 saturated heterocycles. The Bertz CT molecular complexity index is 441. The molecule has 0 radical (unpaired) electrons. The molecule has 0 aliphatic carbocycles. The minimum absolute atomic E-state index is 0.0656. The average Bonchev–Trinajstić information content (AvgIpc) is 2.28. The van der Waals surface area contributed by atoms with E-state index in [1.54, 1.807) is 30.3 Å². The van der Waals surface area contributed by atoms with Crippen molar-refractivity contribution in [2.75, 3.05) is 6.61 Å². The molecule has 0 aliphatic heterocycles. The SMILES string of the molecule is CCOc1ccc(/C=C(/C#N)C(N)=O)cc1. The topological polar surface area (TPSA) is 76.1 Å². The molecule has 0 saturated carbocycles. The average molecular weight is 216 g/mol. The lowest BCUT2D eigenvalue weighted by Crippen LogP contribution is -2.12. The number of nitriles is 1. The van der Waals surface area contributed by atoms with Gasteiger partial charge in [-0.15, -0.1) is 0 Å². The summed E-state index contributed by atoms with van der Waals surface area (Å²) in [7, 11) is 0. The summed E-state index contributed by atoms with van der Waals surface area (Å²) in [4.78, 5) is 10.8. The summed E-state index contributed by atoms with van der Waals surface area (Å²) in [6.07, 6.45) is 1.44. The van der Waals surface area contributed by atoms with Gasteiger partial charge in [0, 0.05) is 0 Å². The van der Waals surface area contributed by atoms with E-state index in [9.17, 15) is 4.79 Å². The fourth-order valence-corrected chi connectivity index (χ4v) is 1.15. The standard InChI is InChI=1S/C12H12N2O2/c1-2-16-11-5-3-9(4-6-11)7-10(8-13)12(14)15/h3-7H,2H2,1H3,(H2,14,15)/b10-7-. The van der Waals surface area contributed by atoms with Gasteiger partial charge >= 0.3 is 0 Å². The van der Waals surface area contributed by atoms with Crippen LogP contribution in [0.1, 0.15) is 12.5 Å². The Morgan fingerprint density at radius 2 is 2.12 bits per heavy atom. The van der Waals surface area contributed by atoms with E-state index in [0.29, 0.717) is 6.61 Å². The normalized spacial score (nSPS) is 10.6. The molecule has 0 fully saturated rings. The molecule has 0 aromatic heterocycles. The maximum atomic E-state index is 10.8. The maximum absolute atomic E-state index is 10.8. The second-order valence-electron chi connectivity index (χ2n) is 3.04. The van der Waals surface area contributed by atoms with Gasteiger partial charge in [0.2, 0.25) is 0 Å². The number of benzene rings is 1. The summed E-state index contributed by atoms with van der Waals surface area (Å²) in [5.74, 6) is 0.0219. The van der Waals surface area contributed by atoms with Crippen LogP contribution < -0.4 is 10.5 Å². The third kappa shape index (κ3) is 3.14. The van der Waals surface area contributed by atoms with E-state index in [1.165, 1.54) is 6.08 Å². The van der Waals surface area contributed by atoms with Crippen molar-refractivity contribution in [3.63, 3.8) is 0 Å². The van der Waals surface area contributed by atoms with Gasteiger partial charge in [0.05, 0.1) is 6.61 Å². The highest BCUT2D eigenvalue weighted by atomic mass is 16.5. The zero-order chi connectivity index (χ0) is 12.0. The summed E-state index contributed by atoms with van der Waals surface area (Å²) in [6.45, 7) is 2.49.